The van der Waals surface area contributed by atoms with Crippen molar-refractivity contribution >= 4 is 44.9 Å². The van der Waals surface area contributed by atoms with Crippen LogP contribution in [0, 0.1) is 17.8 Å². The minimum absolute atomic E-state index is 0.0164. The van der Waals surface area contributed by atoms with Crippen LogP contribution in [0.4, 0.5) is 5.69 Å². The number of nitrogens with one attached hydrogen (secondary N) is 1. The van der Waals surface area contributed by atoms with Gasteiger partial charge in [-0.05, 0) is 104 Å². The van der Waals surface area contributed by atoms with Crippen molar-refractivity contribution in [3.05, 3.63) is 93.8 Å². The molecule has 1 N–H and O–H groups in total. The lowest BCUT2D eigenvalue weighted by molar-refractivity contribution is -0.0196. The minimum atomic E-state index is -3.65. The second-order valence-corrected chi connectivity index (χ2v) is 19.1. The van der Waals surface area contributed by atoms with Gasteiger partial charge < -0.3 is 28.6 Å². The number of fused-ring (bicyclic) bond motifs is 4. The van der Waals surface area contributed by atoms with E-state index in [4.69, 9.17) is 25.8 Å². The first kappa shape index (κ1) is 39.6. The Labute approximate surface area is 340 Å². The van der Waals surface area contributed by atoms with Crippen LogP contribution in [0.5, 0.6) is 5.75 Å². The highest BCUT2D eigenvalue weighted by Gasteiger charge is 2.44. The maximum Gasteiger partial charge on any atom is 0.286 e. The van der Waals surface area contributed by atoms with Gasteiger partial charge in [0.2, 0.25) is 0 Å². The third-order valence-electron chi connectivity index (χ3n) is 12.7. The lowest BCUT2D eigenvalue weighted by Gasteiger charge is -2.46. The van der Waals surface area contributed by atoms with E-state index in [-0.39, 0.29) is 46.3 Å². The molecule has 1 saturated carbocycles. The van der Waals surface area contributed by atoms with Crippen LogP contribution >= 0.6 is 11.6 Å². The first-order valence-electron chi connectivity index (χ1n) is 20.0. The second-order valence-electron chi connectivity index (χ2n) is 16.7. The Bertz CT molecular complexity index is 2230. The van der Waals surface area contributed by atoms with Crippen LogP contribution in [-0.2, 0) is 38.3 Å². The highest BCUT2D eigenvalue weighted by molar-refractivity contribution is 7.92. The molecule has 4 heterocycles. The van der Waals surface area contributed by atoms with Gasteiger partial charge in [-0.2, -0.15) is 0 Å². The summed E-state index contributed by atoms with van der Waals surface area (Å²) in [6.45, 7) is 4.78. The Balaban J connectivity index is 1.14. The van der Waals surface area contributed by atoms with Gasteiger partial charge in [0, 0.05) is 69.6 Å². The molecule has 1 unspecified atom stereocenters. The molecule has 0 radical (unpaired) electrons. The zero-order chi connectivity index (χ0) is 40.1. The third-order valence-corrected chi connectivity index (χ3v) is 14.9. The van der Waals surface area contributed by atoms with E-state index in [9.17, 15) is 18.6 Å². The van der Waals surface area contributed by atoms with E-state index >= 15 is 0 Å². The van der Waals surface area contributed by atoms with Crippen molar-refractivity contribution in [2.45, 2.75) is 63.1 Å². The molecule has 2 aromatic carbocycles. The number of anilines is 1. The van der Waals surface area contributed by atoms with Crippen molar-refractivity contribution in [2.24, 2.45) is 29.2 Å². The predicted molar refractivity (Wildman–Crippen MR) is 219 cm³/mol. The molecule has 3 aromatic rings. The average Bonchev–Trinajstić information content (AvgIpc) is 3.48. The zero-order valence-corrected chi connectivity index (χ0v) is 34.7. The SMILES string of the molecule is COC1CN(C(=O)c2cc(C(=O)NS3(=O)=NC(=O)c4ccc5c(c4)N(C[C@@H]4CC[C@H]4[C@@H](OC)/C=C\C[C@H](C)C3)C[C@@]3(CCCc4cc(Cl)ccc43)CO5)cn2C)C1. The molecule has 1 aromatic heterocycles. The van der Waals surface area contributed by atoms with Gasteiger partial charge >= 0.3 is 0 Å². The van der Waals surface area contributed by atoms with Crippen LogP contribution in [0.15, 0.2) is 65.2 Å². The van der Waals surface area contributed by atoms with Crippen molar-refractivity contribution in [3.8, 4) is 5.75 Å². The van der Waals surface area contributed by atoms with Crippen molar-refractivity contribution in [1.82, 2.24) is 14.2 Å². The lowest BCUT2D eigenvalue weighted by Crippen LogP contribution is -2.54. The molecule has 12 nitrogen and oxygen atoms in total. The van der Waals surface area contributed by atoms with Crippen molar-refractivity contribution < 1.29 is 32.8 Å². The topological polar surface area (TPSA) is 132 Å². The number of allylic oxidation sites excluding steroid dienone is 1. The number of rotatable bonds is 5. The fourth-order valence-electron chi connectivity index (χ4n) is 9.39. The number of amides is 3. The number of aryl methyl sites for hydroxylation is 2. The van der Waals surface area contributed by atoms with Gasteiger partial charge in [0.15, 0.2) is 0 Å². The maximum absolute atomic E-state index is 14.8. The molecule has 2 aliphatic carbocycles. The van der Waals surface area contributed by atoms with Crippen molar-refractivity contribution in [3.63, 3.8) is 0 Å². The lowest BCUT2D eigenvalue weighted by atomic mass is 9.68. The molecule has 3 amide bonds. The van der Waals surface area contributed by atoms with Crippen molar-refractivity contribution in [1.29, 1.82) is 0 Å². The fourth-order valence-corrected chi connectivity index (χ4v) is 11.5. The molecule has 5 aliphatic rings. The van der Waals surface area contributed by atoms with Gasteiger partial charge in [0.1, 0.15) is 21.4 Å². The zero-order valence-electron chi connectivity index (χ0n) is 33.1. The molecule has 6 atom stereocenters. The molecular formula is C43H52ClN5O7S. The third kappa shape index (κ3) is 7.88. The number of halogens is 1. The summed E-state index contributed by atoms with van der Waals surface area (Å²) in [7, 11) is 1.39. The van der Waals surface area contributed by atoms with Gasteiger partial charge in [-0.15, -0.1) is 4.36 Å². The van der Waals surface area contributed by atoms with Crippen LogP contribution in [0.1, 0.15) is 81.4 Å². The minimum Gasteiger partial charge on any atom is -0.490 e. The number of methoxy groups -OCH3 is 2. The van der Waals surface area contributed by atoms with E-state index in [1.807, 2.05) is 25.1 Å². The Morgan fingerprint density at radius 3 is 2.65 bits per heavy atom. The Morgan fingerprint density at radius 1 is 1.07 bits per heavy atom. The van der Waals surface area contributed by atoms with E-state index in [0.717, 1.165) is 49.4 Å². The maximum atomic E-state index is 14.8. The van der Waals surface area contributed by atoms with E-state index in [0.29, 0.717) is 55.9 Å². The van der Waals surface area contributed by atoms with Crippen LogP contribution in [0.25, 0.3) is 0 Å². The molecule has 1 saturated heterocycles. The Kier molecular flexibility index (Phi) is 11.0. The summed E-state index contributed by atoms with van der Waals surface area (Å²) < 4.78 is 41.4. The molecule has 2 fully saturated rings. The second kappa shape index (κ2) is 15.9. The number of aromatic nitrogens is 1. The van der Waals surface area contributed by atoms with E-state index < -0.39 is 21.7 Å². The molecule has 3 aliphatic heterocycles. The smallest absolute Gasteiger partial charge is 0.286 e. The van der Waals surface area contributed by atoms with E-state index in [1.165, 1.54) is 23.4 Å². The Morgan fingerprint density at radius 2 is 1.89 bits per heavy atom. The van der Waals surface area contributed by atoms with Crippen LogP contribution in [0.3, 0.4) is 0 Å². The summed E-state index contributed by atoms with van der Waals surface area (Å²) in [4.78, 5) is 45.2. The number of hydrogen-bond acceptors (Lipinski definition) is 8. The number of ether oxygens (including phenoxy) is 3. The summed E-state index contributed by atoms with van der Waals surface area (Å²) >= 11 is 6.47. The predicted octanol–water partition coefficient (Wildman–Crippen LogP) is 6.21. The molecule has 57 heavy (non-hydrogen) atoms. The molecule has 8 rings (SSSR count). The van der Waals surface area contributed by atoms with Crippen LogP contribution < -0.4 is 14.4 Å². The average molecular weight is 818 g/mol. The van der Waals surface area contributed by atoms with Crippen LogP contribution in [-0.4, -0.2) is 96.4 Å². The standard InChI is InChI=1S/C43H52ClN5O7S/c1-27-7-5-9-38(55-4)34-13-10-30(34)21-49-25-43(16-6-8-28-17-32(44)12-14-35(28)43)26-56-39-15-11-29(18-36(39)49)40(50)45-57(53,24-27)46-41(51)31-19-37(47(2)20-31)42(52)48-22-33(23-48)54-3/h5,9,11-12,14-15,17-20,27,30,33-34,38H,6-8,10,13,16,21-26H2,1-4H3,(H,45,46,50,51,53)/b9-5-/t27-,30-,34+,38-,43-,57?/m0/s1. The number of likely N-dealkylation sites (tertiary alicyclic amines) is 1. The number of hydrogen-bond donors (Lipinski definition) is 1. The quantitative estimate of drug-likeness (QED) is 0.301. The molecule has 1 spiro atoms. The fraction of sp³-hybridized carbons (Fsp3) is 0.512. The van der Waals surface area contributed by atoms with Crippen LogP contribution in [0.2, 0.25) is 5.02 Å². The Hall–Kier alpha value is -4.17. The largest absolute Gasteiger partial charge is 0.490 e. The van der Waals surface area contributed by atoms with Crippen molar-refractivity contribution in [2.75, 3.05) is 57.7 Å². The summed E-state index contributed by atoms with van der Waals surface area (Å²) in [5, 5.41) is 0.727. The molecule has 14 heteroatoms. The number of carbonyl (C=O) groups is 3. The van der Waals surface area contributed by atoms with Gasteiger partial charge in [0.05, 0.1) is 35.8 Å². The highest BCUT2D eigenvalue weighted by atomic mass is 35.5. The highest BCUT2D eigenvalue weighted by Crippen LogP contribution is 2.47. The van der Waals surface area contributed by atoms with Gasteiger partial charge in [-0.3, -0.25) is 19.1 Å². The normalized spacial score (nSPS) is 29.5. The molecular weight excluding hydrogens is 766 g/mol. The van der Waals surface area contributed by atoms with E-state index in [1.54, 1.807) is 36.8 Å². The van der Waals surface area contributed by atoms with Gasteiger partial charge in [-0.25, -0.2) is 4.21 Å². The van der Waals surface area contributed by atoms with Gasteiger partial charge in [0.25, 0.3) is 17.7 Å². The van der Waals surface area contributed by atoms with E-state index in [2.05, 4.69) is 38.3 Å². The molecule has 2 bridgehead atoms. The monoisotopic (exact) mass is 817 g/mol. The van der Waals surface area contributed by atoms with Gasteiger partial charge in [-0.1, -0.05) is 36.7 Å². The number of nitrogens with zero attached hydrogens (tertiary/aromatic N) is 4. The summed E-state index contributed by atoms with van der Waals surface area (Å²) in [6, 6.07) is 13.0. The first-order chi connectivity index (χ1) is 27.4. The first-order valence-corrected chi connectivity index (χ1v) is 22.0. The number of benzene rings is 2. The number of carbonyl (C=O) groups excluding carboxylic acids is 3. The molecule has 304 valence electrons. The summed E-state index contributed by atoms with van der Waals surface area (Å²) in [5.41, 5.74) is 3.73. The summed E-state index contributed by atoms with van der Waals surface area (Å²) in [6.07, 6.45) is 11.2. The summed E-state index contributed by atoms with van der Waals surface area (Å²) in [5.74, 6) is -0.520.